The van der Waals surface area contributed by atoms with Crippen LogP contribution in [0.1, 0.15) is 211 Å². The highest BCUT2D eigenvalue weighted by molar-refractivity contribution is 6.54. The summed E-state index contributed by atoms with van der Waals surface area (Å²) in [5, 5.41) is 23.1. The number of hydrogen-bond donors (Lipinski definition) is 0. The fourth-order valence-corrected chi connectivity index (χ4v) is 13.6. The fraction of sp³-hybridized carbons (Fsp3) is 0.400. The molecule has 3 heteroatoms. The fourth-order valence-electron chi connectivity index (χ4n) is 13.6. The average Bonchev–Trinajstić information content (AvgIpc) is 1.56. The molecule has 1 aromatic heterocycles. The van der Waals surface area contributed by atoms with Crippen molar-refractivity contribution in [3.05, 3.63) is 162 Å². The van der Waals surface area contributed by atoms with E-state index >= 15 is 9.59 Å². The summed E-state index contributed by atoms with van der Waals surface area (Å²) in [7, 11) is 0. The first-order chi connectivity index (χ1) is 38.0. The zero-order chi connectivity index (χ0) is 60.5. The Balaban J connectivity index is 1.66. The van der Waals surface area contributed by atoms with Crippen LogP contribution in [-0.4, -0.2) is 0 Å². The molecule has 0 fully saturated rings. The van der Waals surface area contributed by atoms with Crippen LogP contribution < -0.4 is 11.3 Å². The molecule has 0 spiro atoms. The molecule has 0 aliphatic heterocycles. The topological polar surface area (TPSA) is 47.3 Å². The molecule has 0 amide bonds. The van der Waals surface area contributed by atoms with E-state index in [4.69, 9.17) is 4.42 Å². The maximum absolute atomic E-state index is 15.9. The van der Waals surface area contributed by atoms with Crippen LogP contribution in [0.25, 0.3) is 118 Å². The second-order valence-electron chi connectivity index (χ2n) is 33.5. The molecule has 0 bridgehead atoms. The van der Waals surface area contributed by atoms with Gasteiger partial charge in [0.25, 0.3) is 0 Å². The van der Waals surface area contributed by atoms with E-state index in [1.54, 1.807) is 0 Å². The number of rotatable bonds is 0. The van der Waals surface area contributed by atoms with Crippen molar-refractivity contribution in [2.75, 3.05) is 0 Å². The molecule has 0 saturated heterocycles. The second kappa shape index (κ2) is 17.4. The molecular weight excluding hydrogens is 1010 g/mol. The van der Waals surface area contributed by atoms with E-state index in [-0.39, 0.29) is 43.3 Å². The maximum Gasteiger partial charge on any atom is 0.346 e. The van der Waals surface area contributed by atoms with Crippen molar-refractivity contribution in [3.63, 3.8) is 0 Å². The highest BCUT2D eigenvalue weighted by Gasteiger charge is 2.33. The largest absolute Gasteiger partial charge is 0.386 e. The first-order valence-electron chi connectivity index (χ1n) is 30.6. The van der Waals surface area contributed by atoms with Crippen molar-refractivity contribution in [1.82, 2.24) is 0 Å². The van der Waals surface area contributed by atoms with Gasteiger partial charge >= 0.3 is 11.3 Å². The first-order valence-corrected chi connectivity index (χ1v) is 30.6. The number of fused-ring (bicyclic) bond motifs is 12. The maximum atomic E-state index is 15.9. The average molecular weight is 1100 g/mol. The van der Waals surface area contributed by atoms with Gasteiger partial charge in [0.2, 0.25) is 0 Å². The Morgan fingerprint density at radius 2 is 0.325 bits per heavy atom. The molecule has 0 aliphatic carbocycles. The van der Waals surface area contributed by atoms with E-state index in [1.807, 2.05) is 12.1 Å². The van der Waals surface area contributed by atoms with Gasteiger partial charge in [-0.3, -0.25) is 0 Å². The Labute approximate surface area is 492 Å². The third kappa shape index (κ3) is 8.85. The lowest BCUT2D eigenvalue weighted by Gasteiger charge is -2.24. The minimum absolute atomic E-state index is 0.172. The van der Waals surface area contributed by atoms with Gasteiger partial charge in [-0.2, -0.15) is 0 Å². The molecule has 83 heavy (non-hydrogen) atoms. The van der Waals surface area contributed by atoms with Crippen LogP contribution in [0.2, 0.25) is 0 Å². The Morgan fingerprint density at radius 3 is 0.470 bits per heavy atom. The zero-order valence-corrected chi connectivity index (χ0v) is 54.5. The van der Waals surface area contributed by atoms with E-state index in [9.17, 15) is 0 Å². The quantitative estimate of drug-likeness (QED) is 0.152. The monoisotopic (exact) mass is 1100 g/mol. The van der Waals surface area contributed by atoms with Gasteiger partial charge < -0.3 is 4.42 Å². The Bertz CT molecular complexity index is 4640. The molecule has 0 unspecified atom stereocenters. The van der Waals surface area contributed by atoms with Crippen LogP contribution in [0.15, 0.2) is 111 Å². The Hall–Kier alpha value is -6.84. The van der Waals surface area contributed by atoms with Crippen molar-refractivity contribution < 1.29 is 4.42 Å². The molecule has 0 aliphatic rings. The van der Waals surface area contributed by atoms with E-state index < -0.39 is 11.3 Å². The Kier molecular flexibility index (Phi) is 11.9. The van der Waals surface area contributed by atoms with E-state index in [0.717, 1.165) is 65.3 Å². The van der Waals surface area contributed by atoms with Crippen LogP contribution >= 0.6 is 0 Å². The summed E-state index contributed by atoms with van der Waals surface area (Å²) in [6.07, 6.45) is 0. The molecule has 12 aromatic rings. The molecule has 0 N–H and O–H groups in total. The molecule has 0 saturated carbocycles. The van der Waals surface area contributed by atoms with Gasteiger partial charge in [0.05, 0.1) is 10.8 Å². The number of benzene rings is 9. The normalized spacial score (nSPS) is 14.1. The molecule has 1 heterocycles. The lowest BCUT2D eigenvalue weighted by atomic mass is 9.79. The third-order valence-electron chi connectivity index (χ3n) is 18.9. The highest BCUT2D eigenvalue weighted by Crippen LogP contribution is 2.57. The van der Waals surface area contributed by atoms with Gasteiger partial charge in [-0.15, -0.1) is 0 Å². The van der Waals surface area contributed by atoms with Gasteiger partial charge in [-0.1, -0.05) is 215 Å². The molecule has 0 radical (unpaired) electrons. The van der Waals surface area contributed by atoms with Gasteiger partial charge in [-0.25, -0.2) is 9.59 Å². The minimum atomic E-state index is -0.642. The van der Waals surface area contributed by atoms with Gasteiger partial charge in [0, 0.05) is 10.8 Å². The van der Waals surface area contributed by atoms with Gasteiger partial charge in [0.1, 0.15) is 0 Å². The standard InChI is InChI=1S/C80H88O3/c1-73(2,3)45-25-41-27-47(75(7,8)9)35-55-61(41)53(33-45)65-66-54-34-46(74(4,5)6)26-42-28-48(76(10,11)12)36-56(62(42)54)68(66)70-58-38-50(78(16,17)18)30-44-32-52(80(22,23)24)40-60(64(44)58)72(82)83-71(81)59-39-51(79(19,20)21)31-43-29-49(77(13,14)15)37-57(63(43)59)69(70)67(55)65/h25-40H,1-24H3. The van der Waals surface area contributed by atoms with Crippen molar-refractivity contribution in [3.8, 4) is 0 Å². The molecule has 3 nitrogen and oxygen atoms in total. The number of hydrogen-bond acceptors (Lipinski definition) is 3. The zero-order valence-electron chi connectivity index (χ0n) is 54.5. The van der Waals surface area contributed by atoms with Gasteiger partial charge in [0.15, 0.2) is 0 Å². The molecule has 12 rings (SSSR count). The van der Waals surface area contributed by atoms with Crippen molar-refractivity contribution in [1.29, 1.82) is 0 Å². The van der Waals surface area contributed by atoms with Gasteiger partial charge in [-0.05, 0) is 233 Å². The SMILES string of the molecule is CC(C)(C)c1cc2cc(C(C)(C)C)cc3c2c(c1)c(=O)oc(=O)c1cc(C(C)(C)C)cc2cc(C(C)(C)C)cc(c21)c1c3c2c3cc(C(C)(C)C)cc4cc(C(C)(C)C)cc(c43)c2c2c3cc(C(C)(C)C)cc4cc(C(C)(C)C)cc(c43)c12. The predicted octanol–water partition coefficient (Wildman–Crippen LogP) is 22.5. The van der Waals surface area contributed by atoms with Crippen LogP contribution in [0, 0.1) is 0 Å². The van der Waals surface area contributed by atoms with Crippen LogP contribution in [0.5, 0.6) is 0 Å². The highest BCUT2D eigenvalue weighted by atomic mass is 16.4. The first kappa shape index (κ1) is 56.6. The van der Waals surface area contributed by atoms with Crippen LogP contribution in [0.3, 0.4) is 0 Å². The molecule has 11 aromatic carbocycles. The second-order valence-corrected chi connectivity index (χ2v) is 33.5. The van der Waals surface area contributed by atoms with E-state index in [0.29, 0.717) is 10.8 Å². The van der Waals surface area contributed by atoms with Crippen molar-refractivity contribution in [2.24, 2.45) is 0 Å². The van der Waals surface area contributed by atoms with E-state index in [1.165, 1.54) is 86.9 Å². The van der Waals surface area contributed by atoms with Crippen LogP contribution in [-0.2, 0) is 43.3 Å². The van der Waals surface area contributed by atoms with Crippen LogP contribution in [0.4, 0.5) is 0 Å². The minimum Gasteiger partial charge on any atom is -0.386 e. The lowest BCUT2D eigenvalue weighted by Crippen LogP contribution is -2.15. The summed E-state index contributed by atoms with van der Waals surface area (Å²) in [6.45, 7) is 55.2. The summed E-state index contributed by atoms with van der Waals surface area (Å²) < 4.78 is 6.50. The van der Waals surface area contributed by atoms with Crippen molar-refractivity contribution >= 4 is 118 Å². The smallest absolute Gasteiger partial charge is 0.346 e. The summed E-state index contributed by atoms with van der Waals surface area (Å²) in [6, 6.07) is 38.1. The lowest BCUT2D eigenvalue weighted by molar-refractivity contribution is 0.490. The summed E-state index contributed by atoms with van der Waals surface area (Å²) in [4.78, 5) is 31.8. The van der Waals surface area contributed by atoms with Crippen molar-refractivity contribution in [2.45, 2.75) is 209 Å². The summed E-state index contributed by atoms with van der Waals surface area (Å²) >= 11 is 0. The predicted molar refractivity (Wildman–Crippen MR) is 365 cm³/mol. The Morgan fingerprint density at radius 1 is 0.193 bits per heavy atom. The van der Waals surface area contributed by atoms with E-state index in [2.05, 4.69) is 251 Å². The summed E-state index contributed by atoms with van der Waals surface area (Å²) in [5.74, 6) is 0. The molecule has 0 atom stereocenters. The molecular formula is C80H88O3. The molecule has 426 valence electrons. The summed E-state index contributed by atoms with van der Waals surface area (Å²) in [5.41, 5.74) is 6.08. The third-order valence-corrected chi connectivity index (χ3v) is 18.9.